The van der Waals surface area contributed by atoms with Crippen LogP contribution in [0.5, 0.6) is 0 Å². The topological polar surface area (TPSA) is 52.3 Å². The van der Waals surface area contributed by atoms with Crippen molar-refractivity contribution in [1.29, 1.82) is 0 Å². The number of benzene rings is 1. The molecule has 0 fully saturated rings. The number of hydrogen-bond donors (Lipinski definition) is 1. The third-order valence-corrected chi connectivity index (χ3v) is 2.98. The van der Waals surface area contributed by atoms with Crippen molar-refractivity contribution in [2.45, 2.75) is 24.3 Å². The fourth-order valence-electron chi connectivity index (χ4n) is 1.37. The first-order chi connectivity index (χ1) is 7.67. The molecule has 2 N–H and O–H groups in total. The number of carbonyl (C=O) groups is 1. The average molecular weight is 276 g/mol. The first-order valence-corrected chi connectivity index (χ1v) is 6.45. The molecule has 1 rings (SSSR count). The predicted molar refractivity (Wildman–Crippen MR) is 73.6 cm³/mol. The predicted octanol–water partition coefficient (Wildman–Crippen LogP) is 2.78. The van der Waals surface area contributed by atoms with Crippen LogP contribution in [0.2, 0.25) is 0 Å². The lowest BCUT2D eigenvalue weighted by molar-refractivity contribution is -0.143. The van der Waals surface area contributed by atoms with Gasteiger partial charge in [-0.1, -0.05) is 12.1 Å². The second kappa shape index (κ2) is 8.39. The number of nitrogens with two attached hydrogens (primary N) is 1. The molecule has 1 atom stereocenters. The largest absolute Gasteiger partial charge is 0.466 e. The average Bonchev–Trinajstić information content (AvgIpc) is 2.29. The Morgan fingerprint density at radius 3 is 2.47 bits per heavy atom. The van der Waals surface area contributed by atoms with Crippen LogP contribution in [0.3, 0.4) is 0 Å². The first-order valence-electron chi connectivity index (χ1n) is 5.22. The summed E-state index contributed by atoms with van der Waals surface area (Å²) in [5.74, 6) is -0.246. The molecule has 0 bridgehead atoms. The minimum absolute atomic E-state index is 0. The summed E-state index contributed by atoms with van der Waals surface area (Å²) in [5.41, 5.74) is 6.87. The highest BCUT2D eigenvalue weighted by Gasteiger charge is 2.12. The highest BCUT2D eigenvalue weighted by atomic mass is 35.5. The number of carbonyl (C=O) groups excluding carboxylic acids is 1. The van der Waals surface area contributed by atoms with E-state index in [9.17, 15) is 4.79 Å². The lowest BCUT2D eigenvalue weighted by atomic mass is 10.1. The minimum atomic E-state index is -0.282. The van der Waals surface area contributed by atoms with E-state index in [1.165, 1.54) is 4.90 Å². The Morgan fingerprint density at radius 1 is 1.41 bits per heavy atom. The van der Waals surface area contributed by atoms with Crippen molar-refractivity contribution in [2.75, 3.05) is 12.9 Å². The van der Waals surface area contributed by atoms with E-state index in [2.05, 4.69) is 0 Å². The quantitative estimate of drug-likeness (QED) is 0.663. The Balaban J connectivity index is 0.00000256. The van der Waals surface area contributed by atoms with Crippen LogP contribution in [-0.2, 0) is 9.53 Å². The van der Waals surface area contributed by atoms with Crippen LogP contribution in [0.25, 0.3) is 0 Å². The second-order valence-electron chi connectivity index (χ2n) is 3.39. The molecule has 17 heavy (non-hydrogen) atoms. The van der Waals surface area contributed by atoms with Gasteiger partial charge in [0.15, 0.2) is 0 Å². The molecule has 96 valence electrons. The molecule has 0 aliphatic rings. The van der Waals surface area contributed by atoms with E-state index in [-0.39, 0.29) is 30.8 Å². The minimum Gasteiger partial charge on any atom is -0.466 e. The summed E-state index contributed by atoms with van der Waals surface area (Å²) in [6.07, 6.45) is 2.25. The zero-order valence-corrected chi connectivity index (χ0v) is 11.6. The van der Waals surface area contributed by atoms with Crippen LogP contribution >= 0.6 is 24.2 Å². The maximum absolute atomic E-state index is 11.2. The fraction of sp³-hybridized carbons (Fsp3) is 0.417. The molecule has 0 radical (unpaired) electrons. The van der Waals surface area contributed by atoms with Crippen LogP contribution in [0.4, 0.5) is 0 Å². The van der Waals surface area contributed by atoms with Crippen LogP contribution in [-0.4, -0.2) is 18.8 Å². The molecule has 0 amide bonds. The van der Waals surface area contributed by atoms with Gasteiger partial charge in [0, 0.05) is 10.9 Å². The molecule has 0 aliphatic heterocycles. The van der Waals surface area contributed by atoms with E-state index in [0.29, 0.717) is 6.61 Å². The molecule has 0 aliphatic carbocycles. The van der Waals surface area contributed by atoms with Crippen LogP contribution in [0.1, 0.15) is 24.9 Å². The summed E-state index contributed by atoms with van der Waals surface area (Å²) in [6, 6.07) is 7.64. The molecule has 1 aromatic rings. The first kappa shape index (κ1) is 16.3. The lowest BCUT2D eigenvalue weighted by Gasteiger charge is -2.11. The zero-order chi connectivity index (χ0) is 12.0. The summed E-state index contributed by atoms with van der Waals surface area (Å²) in [5, 5.41) is 0. The normalized spacial score (nSPS) is 11.5. The van der Waals surface area contributed by atoms with Gasteiger partial charge in [0.25, 0.3) is 0 Å². The van der Waals surface area contributed by atoms with Crippen LogP contribution in [0.15, 0.2) is 29.2 Å². The number of thioether (sulfide) groups is 1. The Morgan fingerprint density at radius 2 is 2.00 bits per heavy atom. The number of ether oxygens (including phenoxy) is 1. The van der Waals surface area contributed by atoms with Crippen molar-refractivity contribution in [2.24, 2.45) is 5.73 Å². The third-order valence-electron chi connectivity index (χ3n) is 2.24. The summed E-state index contributed by atoms with van der Waals surface area (Å²) in [6.45, 7) is 2.19. The Hall–Kier alpha value is -0.710. The SMILES string of the molecule is CCOC(=O)C[C@@H](N)c1ccc(SC)cc1.Cl. The van der Waals surface area contributed by atoms with Gasteiger partial charge in [0.05, 0.1) is 13.0 Å². The lowest BCUT2D eigenvalue weighted by Crippen LogP contribution is -2.17. The van der Waals surface area contributed by atoms with Crippen molar-refractivity contribution in [3.05, 3.63) is 29.8 Å². The van der Waals surface area contributed by atoms with Gasteiger partial charge in [-0.2, -0.15) is 0 Å². The van der Waals surface area contributed by atoms with E-state index in [4.69, 9.17) is 10.5 Å². The van der Waals surface area contributed by atoms with E-state index >= 15 is 0 Å². The summed E-state index contributed by atoms with van der Waals surface area (Å²) in [7, 11) is 0. The number of hydrogen-bond acceptors (Lipinski definition) is 4. The standard InChI is InChI=1S/C12H17NO2S.ClH/c1-3-15-12(14)8-11(13)9-4-6-10(16-2)7-5-9;/h4-7,11H,3,8,13H2,1-2H3;1H/t11-;/m1./s1. The molecular formula is C12H18ClNO2S. The van der Waals surface area contributed by atoms with Crippen molar-refractivity contribution in [3.63, 3.8) is 0 Å². The molecule has 1 aromatic carbocycles. The second-order valence-corrected chi connectivity index (χ2v) is 4.27. The van der Waals surface area contributed by atoms with E-state index in [1.807, 2.05) is 30.5 Å². The smallest absolute Gasteiger partial charge is 0.307 e. The van der Waals surface area contributed by atoms with Gasteiger partial charge in [0.2, 0.25) is 0 Å². The summed E-state index contributed by atoms with van der Waals surface area (Å²) in [4.78, 5) is 12.4. The van der Waals surface area contributed by atoms with Crippen molar-refractivity contribution < 1.29 is 9.53 Å². The van der Waals surface area contributed by atoms with Gasteiger partial charge < -0.3 is 10.5 Å². The van der Waals surface area contributed by atoms with Gasteiger partial charge in [-0.15, -0.1) is 24.2 Å². The van der Waals surface area contributed by atoms with Gasteiger partial charge in [-0.3, -0.25) is 4.79 Å². The molecule has 0 saturated carbocycles. The molecule has 3 nitrogen and oxygen atoms in total. The highest BCUT2D eigenvalue weighted by Crippen LogP contribution is 2.19. The number of halogens is 1. The molecule has 0 unspecified atom stereocenters. The molecule has 0 heterocycles. The number of esters is 1. The zero-order valence-electron chi connectivity index (χ0n) is 10.0. The van der Waals surface area contributed by atoms with Gasteiger partial charge in [-0.05, 0) is 30.9 Å². The van der Waals surface area contributed by atoms with E-state index in [1.54, 1.807) is 18.7 Å². The van der Waals surface area contributed by atoms with Gasteiger partial charge >= 0.3 is 5.97 Å². The highest BCUT2D eigenvalue weighted by molar-refractivity contribution is 7.98. The molecular weight excluding hydrogens is 258 g/mol. The van der Waals surface area contributed by atoms with E-state index < -0.39 is 0 Å². The summed E-state index contributed by atoms with van der Waals surface area (Å²) >= 11 is 1.68. The molecule has 0 aromatic heterocycles. The Labute approximate surface area is 113 Å². The Kier molecular flexibility index (Phi) is 8.04. The fourth-order valence-corrected chi connectivity index (χ4v) is 1.78. The van der Waals surface area contributed by atoms with Crippen molar-refractivity contribution >= 4 is 30.1 Å². The summed E-state index contributed by atoms with van der Waals surface area (Å²) < 4.78 is 4.86. The maximum atomic E-state index is 11.2. The maximum Gasteiger partial charge on any atom is 0.307 e. The number of rotatable bonds is 5. The van der Waals surface area contributed by atoms with E-state index in [0.717, 1.165) is 5.56 Å². The van der Waals surface area contributed by atoms with Crippen LogP contribution in [0, 0.1) is 0 Å². The molecule has 5 heteroatoms. The van der Waals surface area contributed by atoms with Gasteiger partial charge in [0.1, 0.15) is 0 Å². The van der Waals surface area contributed by atoms with Crippen LogP contribution < -0.4 is 5.73 Å². The molecule has 0 spiro atoms. The third kappa shape index (κ3) is 5.44. The molecule has 0 saturated heterocycles. The van der Waals surface area contributed by atoms with Gasteiger partial charge in [-0.25, -0.2) is 0 Å². The monoisotopic (exact) mass is 275 g/mol. The van der Waals surface area contributed by atoms with Crippen molar-refractivity contribution in [1.82, 2.24) is 0 Å². The van der Waals surface area contributed by atoms with Crippen molar-refractivity contribution in [3.8, 4) is 0 Å². The Bertz CT molecular complexity index is 343.